The number of benzene rings is 2. The maximum Gasteiger partial charge on any atom is 0.140 e. The zero-order valence-corrected chi connectivity index (χ0v) is 12.4. The van der Waals surface area contributed by atoms with Gasteiger partial charge in [-0.15, -0.1) is 0 Å². The summed E-state index contributed by atoms with van der Waals surface area (Å²) in [4.78, 5) is 0. The Morgan fingerprint density at radius 2 is 2.05 bits per heavy atom. The molecule has 0 amide bonds. The van der Waals surface area contributed by atoms with Gasteiger partial charge in [0.2, 0.25) is 0 Å². The lowest BCUT2D eigenvalue weighted by Crippen LogP contribution is -2.08. The summed E-state index contributed by atoms with van der Waals surface area (Å²) < 4.78 is 13.9. The van der Waals surface area contributed by atoms with Gasteiger partial charge in [0.25, 0.3) is 0 Å². The van der Waals surface area contributed by atoms with Crippen LogP contribution in [-0.2, 0) is 0 Å². The van der Waals surface area contributed by atoms with Crippen molar-refractivity contribution < 1.29 is 9.50 Å². The van der Waals surface area contributed by atoms with E-state index in [2.05, 4.69) is 21.2 Å². The second kappa shape index (κ2) is 6.12. The number of rotatable bonds is 3. The largest absolute Gasteiger partial charge is 0.508 e. The Kier molecular flexibility index (Phi) is 4.48. The van der Waals surface area contributed by atoms with Gasteiger partial charge in [-0.05, 0) is 51.8 Å². The van der Waals surface area contributed by atoms with Gasteiger partial charge in [0, 0.05) is 16.2 Å². The summed E-state index contributed by atoms with van der Waals surface area (Å²) in [6.45, 7) is 0. The average molecular weight is 356 g/mol. The number of phenolic OH excluding ortho intramolecular Hbond substituents is 1. The fraction of sp³-hybridized carbons (Fsp3) is 0.0714. The summed E-state index contributed by atoms with van der Waals surface area (Å²) in [5.74, 6) is -0.821. The van der Waals surface area contributed by atoms with Crippen molar-refractivity contribution in [3.8, 4) is 11.8 Å². The highest BCUT2D eigenvalue weighted by atomic mass is 79.9. The van der Waals surface area contributed by atoms with Gasteiger partial charge in [0.1, 0.15) is 17.6 Å². The highest BCUT2D eigenvalue weighted by Gasteiger charge is 2.13. The molecular formula is C14H9BrClFN2O. The summed E-state index contributed by atoms with van der Waals surface area (Å²) in [5, 5.41) is 22.1. The SMILES string of the molecule is N#CC(Nc1ccc(Cl)c(Br)c1)c1cc(O)cc(F)c1. The number of hydrogen-bond donors (Lipinski definition) is 2. The predicted octanol–water partition coefficient (Wildman–Crippen LogP) is 4.62. The van der Waals surface area contributed by atoms with Crippen molar-refractivity contribution in [1.82, 2.24) is 0 Å². The number of nitrogens with one attached hydrogen (secondary N) is 1. The average Bonchev–Trinajstić information content (AvgIpc) is 2.38. The van der Waals surface area contributed by atoms with Crippen LogP contribution in [0.25, 0.3) is 0 Å². The fourth-order valence-corrected chi connectivity index (χ4v) is 2.20. The van der Waals surface area contributed by atoms with E-state index in [9.17, 15) is 14.8 Å². The molecule has 6 heteroatoms. The minimum absolute atomic E-state index is 0.223. The molecule has 1 unspecified atom stereocenters. The summed E-state index contributed by atoms with van der Waals surface area (Å²) in [7, 11) is 0. The van der Waals surface area contributed by atoms with E-state index in [0.717, 1.165) is 6.07 Å². The second-order valence-corrected chi connectivity index (χ2v) is 5.34. The molecule has 2 aromatic carbocycles. The van der Waals surface area contributed by atoms with E-state index in [0.29, 0.717) is 20.7 Å². The Hall–Kier alpha value is -1.77. The van der Waals surface area contributed by atoms with Crippen LogP contribution >= 0.6 is 27.5 Å². The first-order valence-electron chi connectivity index (χ1n) is 5.60. The Morgan fingerprint density at radius 1 is 1.30 bits per heavy atom. The number of nitrogens with zero attached hydrogens (tertiary/aromatic N) is 1. The second-order valence-electron chi connectivity index (χ2n) is 4.08. The lowest BCUT2D eigenvalue weighted by Gasteiger charge is -2.14. The third-order valence-electron chi connectivity index (χ3n) is 2.60. The maximum absolute atomic E-state index is 13.3. The first kappa shape index (κ1) is 14.6. The van der Waals surface area contributed by atoms with Gasteiger partial charge in [-0.3, -0.25) is 0 Å². The standard InChI is InChI=1S/C14H9BrClFN2O/c15-12-6-10(1-2-13(12)16)19-14(7-18)8-3-9(17)5-11(20)4-8/h1-6,14,19-20H. The van der Waals surface area contributed by atoms with Gasteiger partial charge < -0.3 is 10.4 Å². The van der Waals surface area contributed by atoms with Crippen LogP contribution in [0, 0.1) is 17.1 Å². The normalized spacial score (nSPS) is 11.7. The monoisotopic (exact) mass is 354 g/mol. The van der Waals surface area contributed by atoms with Crippen molar-refractivity contribution in [2.75, 3.05) is 5.32 Å². The summed E-state index contributed by atoms with van der Waals surface area (Å²) in [6.07, 6.45) is 0. The summed E-state index contributed by atoms with van der Waals surface area (Å²) >= 11 is 9.17. The molecule has 0 aliphatic heterocycles. The molecule has 20 heavy (non-hydrogen) atoms. The van der Waals surface area contributed by atoms with E-state index in [-0.39, 0.29) is 5.75 Å². The zero-order chi connectivity index (χ0) is 14.7. The quantitative estimate of drug-likeness (QED) is 0.844. The van der Waals surface area contributed by atoms with Gasteiger partial charge in [-0.2, -0.15) is 5.26 Å². The van der Waals surface area contributed by atoms with Crippen molar-refractivity contribution in [2.45, 2.75) is 6.04 Å². The highest BCUT2D eigenvalue weighted by Crippen LogP contribution is 2.28. The molecule has 0 bridgehead atoms. The molecule has 0 fully saturated rings. The Balaban J connectivity index is 2.29. The molecule has 2 aromatic rings. The molecule has 0 saturated carbocycles. The van der Waals surface area contributed by atoms with E-state index in [1.807, 2.05) is 6.07 Å². The number of aromatic hydroxyl groups is 1. The lowest BCUT2D eigenvalue weighted by atomic mass is 10.1. The summed E-state index contributed by atoms with van der Waals surface area (Å²) in [5.41, 5.74) is 0.993. The van der Waals surface area contributed by atoms with E-state index >= 15 is 0 Å². The van der Waals surface area contributed by atoms with Crippen LogP contribution in [0.4, 0.5) is 10.1 Å². The molecule has 2 rings (SSSR count). The van der Waals surface area contributed by atoms with Gasteiger partial charge in [-0.1, -0.05) is 11.6 Å². The molecule has 3 nitrogen and oxygen atoms in total. The van der Waals surface area contributed by atoms with E-state index in [1.54, 1.807) is 18.2 Å². The Labute approximate surface area is 128 Å². The molecule has 0 aliphatic rings. The van der Waals surface area contributed by atoms with E-state index in [1.165, 1.54) is 12.1 Å². The van der Waals surface area contributed by atoms with Crippen LogP contribution in [0.1, 0.15) is 11.6 Å². The zero-order valence-electron chi connectivity index (χ0n) is 10.1. The number of anilines is 1. The van der Waals surface area contributed by atoms with Crippen LogP contribution in [0.3, 0.4) is 0 Å². The number of nitriles is 1. The number of phenols is 1. The molecule has 0 heterocycles. The first-order valence-corrected chi connectivity index (χ1v) is 6.77. The fourth-order valence-electron chi connectivity index (χ4n) is 1.71. The van der Waals surface area contributed by atoms with Crippen molar-refractivity contribution in [2.24, 2.45) is 0 Å². The van der Waals surface area contributed by atoms with Crippen LogP contribution in [0.2, 0.25) is 5.02 Å². The van der Waals surface area contributed by atoms with Crippen LogP contribution in [0.15, 0.2) is 40.9 Å². The van der Waals surface area contributed by atoms with Gasteiger partial charge >= 0.3 is 0 Å². The third kappa shape index (κ3) is 3.41. The molecule has 0 aromatic heterocycles. The Morgan fingerprint density at radius 3 is 2.65 bits per heavy atom. The first-order chi connectivity index (χ1) is 9.49. The van der Waals surface area contributed by atoms with Gasteiger partial charge in [0.05, 0.1) is 11.1 Å². The van der Waals surface area contributed by atoms with Crippen LogP contribution < -0.4 is 5.32 Å². The maximum atomic E-state index is 13.3. The van der Waals surface area contributed by atoms with Crippen molar-refractivity contribution in [3.63, 3.8) is 0 Å². The predicted molar refractivity (Wildman–Crippen MR) is 79.2 cm³/mol. The molecule has 0 saturated heterocycles. The molecule has 0 aliphatic carbocycles. The molecular weight excluding hydrogens is 347 g/mol. The van der Waals surface area contributed by atoms with Gasteiger partial charge in [-0.25, -0.2) is 4.39 Å². The van der Waals surface area contributed by atoms with E-state index < -0.39 is 11.9 Å². The molecule has 1 atom stereocenters. The smallest absolute Gasteiger partial charge is 0.140 e. The number of halogens is 3. The highest BCUT2D eigenvalue weighted by molar-refractivity contribution is 9.10. The third-order valence-corrected chi connectivity index (χ3v) is 3.81. The van der Waals surface area contributed by atoms with Crippen molar-refractivity contribution >= 4 is 33.2 Å². The topological polar surface area (TPSA) is 56.0 Å². The summed E-state index contributed by atoms with van der Waals surface area (Å²) in [6, 6.07) is 9.85. The molecule has 2 N–H and O–H groups in total. The lowest BCUT2D eigenvalue weighted by molar-refractivity contribution is 0.468. The minimum Gasteiger partial charge on any atom is -0.508 e. The van der Waals surface area contributed by atoms with Crippen LogP contribution in [0.5, 0.6) is 5.75 Å². The molecule has 0 spiro atoms. The van der Waals surface area contributed by atoms with E-state index in [4.69, 9.17) is 11.6 Å². The molecule has 0 radical (unpaired) electrons. The molecule has 102 valence electrons. The number of hydrogen-bond acceptors (Lipinski definition) is 3. The van der Waals surface area contributed by atoms with Gasteiger partial charge in [0.15, 0.2) is 0 Å². The van der Waals surface area contributed by atoms with Crippen molar-refractivity contribution in [3.05, 3.63) is 57.3 Å². The Bertz CT molecular complexity index is 667. The minimum atomic E-state index is -0.787. The van der Waals surface area contributed by atoms with Crippen molar-refractivity contribution in [1.29, 1.82) is 5.26 Å². The van der Waals surface area contributed by atoms with Crippen LogP contribution in [-0.4, -0.2) is 5.11 Å².